The van der Waals surface area contributed by atoms with Crippen LogP contribution in [-0.4, -0.2) is 60.8 Å². The van der Waals surface area contributed by atoms with Crippen molar-refractivity contribution in [2.75, 3.05) is 37.0 Å². The van der Waals surface area contributed by atoms with Crippen molar-refractivity contribution in [3.05, 3.63) is 18.1 Å². The second-order valence-corrected chi connectivity index (χ2v) is 6.28. The minimum absolute atomic E-state index is 0.0147. The highest BCUT2D eigenvalue weighted by molar-refractivity contribution is 7.91. The molecule has 0 saturated carbocycles. The molecule has 0 aromatic carbocycles. The third-order valence-corrected chi connectivity index (χ3v) is 4.37. The first-order chi connectivity index (χ1) is 8.52. The number of carbonyl (C=O) groups excluding carboxylic acids is 1. The number of nitrogens with one attached hydrogen (secondary N) is 1. The first-order valence-corrected chi connectivity index (χ1v) is 7.33. The molecule has 0 unspecified atom stereocenters. The van der Waals surface area contributed by atoms with E-state index in [1.807, 2.05) is 0 Å². The summed E-state index contributed by atoms with van der Waals surface area (Å²) in [6.07, 6.45) is 2.85. The van der Waals surface area contributed by atoms with Crippen molar-refractivity contribution in [2.24, 2.45) is 0 Å². The lowest BCUT2D eigenvalue weighted by Crippen LogP contribution is -2.44. The normalized spacial score (nSPS) is 18.4. The number of anilines is 1. The van der Waals surface area contributed by atoms with Gasteiger partial charge in [-0.3, -0.25) is 4.79 Å². The maximum atomic E-state index is 12.0. The smallest absolute Gasteiger partial charge is 0.274 e. The van der Waals surface area contributed by atoms with E-state index < -0.39 is 9.84 Å². The van der Waals surface area contributed by atoms with Gasteiger partial charge in [0, 0.05) is 20.1 Å². The fraction of sp³-hybridized carbons (Fsp3) is 0.500. The first-order valence-electron chi connectivity index (χ1n) is 5.51. The summed E-state index contributed by atoms with van der Waals surface area (Å²) in [5, 5.41) is 2.81. The predicted molar refractivity (Wildman–Crippen MR) is 66.1 cm³/mol. The van der Waals surface area contributed by atoms with Gasteiger partial charge in [0.05, 0.1) is 23.9 Å². The molecule has 18 heavy (non-hydrogen) atoms. The molecule has 1 fully saturated rings. The summed E-state index contributed by atoms with van der Waals surface area (Å²) in [4.78, 5) is 21.5. The third-order valence-electron chi connectivity index (χ3n) is 2.76. The predicted octanol–water partition coefficient (Wildman–Crippen LogP) is -0.611. The Kier molecular flexibility index (Phi) is 3.46. The van der Waals surface area contributed by atoms with E-state index in [4.69, 9.17) is 0 Å². The highest BCUT2D eigenvalue weighted by Gasteiger charge is 2.26. The van der Waals surface area contributed by atoms with Crippen molar-refractivity contribution < 1.29 is 13.2 Å². The average Bonchev–Trinajstić information content (AvgIpc) is 2.38. The molecule has 2 heterocycles. The summed E-state index contributed by atoms with van der Waals surface area (Å²) < 4.78 is 22.5. The molecule has 1 N–H and O–H groups in total. The van der Waals surface area contributed by atoms with Crippen LogP contribution in [0.2, 0.25) is 0 Å². The summed E-state index contributed by atoms with van der Waals surface area (Å²) in [6, 6.07) is 0. The van der Waals surface area contributed by atoms with E-state index in [0.29, 0.717) is 5.82 Å². The van der Waals surface area contributed by atoms with E-state index in [-0.39, 0.29) is 36.2 Å². The van der Waals surface area contributed by atoms with Crippen LogP contribution in [0.1, 0.15) is 10.5 Å². The Morgan fingerprint density at radius 2 is 1.94 bits per heavy atom. The van der Waals surface area contributed by atoms with Gasteiger partial charge in [0.25, 0.3) is 5.91 Å². The first kappa shape index (κ1) is 12.7. The lowest BCUT2D eigenvalue weighted by molar-refractivity contribution is 0.0764. The van der Waals surface area contributed by atoms with E-state index in [2.05, 4.69) is 15.3 Å². The summed E-state index contributed by atoms with van der Waals surface area (Å²) in [5.74, 6) is 0.328. The molecule has 0 bridgehead atoms. The van der Waals surface area contributed by atoms with Crippen molar-refractivity contribution in [2.45, 2.75) is 0 Å². The largest absolute Gasteiger partial charge is 0.372 e. The van der Waals surface area contributed by atoms with Crippen LogP contribution in [0.15, 0.2) is 12.4 Å². The zero-order valence-corrected chi connectivity index (χ0v) is 10.8. The molecule has 1 amide bonds. The summed E-state index contributed by atoms with van der Waals surface area (Å²) >= 11 is 0. The molecular weight excluding hydrogens is 256 g/mol. The number of hydrogen-bond donors (Lipinski definition) is 1. The monoisotopic (exact) mass is 270 g/mol. The van der Waals surface area contributed by atoms with Crippen LogP contribution >= 0.6 is 0 Å². The number of rotatable bonds is 2. The summed E-state index contributed by atoms with van der Waals surface area (Å²) in [5.41, 5.74) is 0.230. The molecule has 98 valence electrons. The van der Waals surface area contributed by atoms with Crippen molar-refractivity contribution in [3.8, 4) is 0 Å². The Labute approximate surface area is 105 Å². The fourth-order valence-electron chi connectivity index (χ4n) is 1.65. The van der Waals surface area contributed by atoms with E-state index >= 15 is 0 Å². The SMILES string of the molecule is CNc1cnc(C(=O)N2CCS(=O)(=O)CC2)cn1. The van der Waals surface area contributed by atoms with Crippen LogP contribution in [0.5, 0.6) is 0 Å². The Hall–Kier alpha value is -1.70. The molecule has 1 aliphatic heterocycles. The number of carbonyl (C=O) groups is 1. The highest BCUT2D eigenvalue weighted by Crippen LogP contribution is 2.08. The van der Waals surface area contributed by atoms with Crippen molar-refractivity contribution in [1.82, 2.24) is 14.9 Å². The molecule has 1 aromatic rings. The van der Waals surface area contributed by atoms with Gasteiger partial charge in [-0.1, -0.05) is 0 Å². The van der Waals surface area contributed by atoms with E-state index in [1.54, 1.807) is 7.05 Å². The summed E-state index contributed by atoms with van der Waals surface area (Å²) in [7, 11) is -1.27. The number of amides is 1. The molecule has 8 heteroatoms. The number of hydrogen-bond acceptors (Lipinski definition) is 6. The maximum absolute atomic E-state index is 12.0. The lowest BCUT2D eigenvalue weighted by atomic mass is 10.3. The molecule has 0 atom stereocenters. The second kappa shape index (κ2) is 4.89. The van der Waals surface area contributed by atoms with Crippen LogP contribution in [0.25, 0.3) is 0 Å². The van der Waals surface area contributed by atoms with Gasteiger partial charge in [0.15, 0.2) is 9.84 Å². The topological polar surface area (TPSA) is 92.3 Å². The van der Waals surface area contributed by atoms with Crippen LogP contribution < -0.4 is 5.32 Å². The molecule has 0 radical (unpaired) electrons. The van der Waals surface area contributed by atoms with E-state index in [1.165, 1.54) is 17.3 Å². The van der Waals surface area contributed by atoms with Crippen LogP contribution in [0, 0.1) is 0 Å². The Morgan fingerprint density at radius 1 is 1.28 bits per heavy atom. The zero-order valence-electron chi connectivity index (χ0n) is 9.96. The molecule has 1 saturated heterocycles. The van der Waals surface area contributed by atoms with Crippen molar-refractivity contribution in [1.29, 1.82) is 0 Å². The number of sulfone groups is 1. The summed E-state index contributed by atoms with van der Waals surface area (Å²) in [6.45, 7) is 0.438. The van der Waals surface area contributed by atoms with Gasteiger partial charge in [-0.15, -0.1) is 0 Å². The molecule has 0 spiro atoms. The molecule has 1 aromatic heterocycles. The van der Waals surface area contributed by atoms with E-state index in [9.17, 15) is 13.2 Å². The van der Waals surface area contributed by atoms with Gasteiger partial charge in [-0.2, -0.15) is 0 Å². The third kappa shape index (κ3) is 2.76. The van der Waals surface area contributed by atoms with Gasteiger partial charge in [-0.05, 0) is 0 Å². The molecule has 7 nitrogen and oxygen atoms in total. The minimum Gasteiger partial charge on any atom is -0.372 e. The van der Waals surface area contributed by atoms with Gasteiger partial charge in [0.1, 0.15) is 11.5 Å². The fourth-order valence-corrected chi connectivity index (χ4v) is 2.85. The number of aromatic nitrogens is 2. The van der Waals surface area contributed by atoms with Crippen LogP contribution in [0.4, 0.5) is 5.82 Å². The van der Waals surface area contributed by atoms with E-state index in [0.717, 1.165) is 0 Å². The minimum atomic E-state index is -2.98. The number of nitrogens with zero attached hydrogens (tertiary/aromatic N) is 3. The molecule has 1 aliphatic rings. The zero-order chi connectivity index (χ0) is 13.2. The highest BCUT2D eigenvalue weighted by atomic mass is 32.2. The quantitative estimate of drug-likeness (QED) is 0.770. The average molecular weight is 270 g/mol. The molecular formula is C10H14N4O3S. The molecule has 0 aliphatic carbocycles. The molecule has 2 rings (SSSR count). The van der Waals surface area contributed by atoms with Gasteiger partial charge < -0.3 is 10.2 Å². The van der Waals surface area contributed by atoms with Crippen LogP contribution in [-0.2, 0) is 9.84 Å². The maximum Gasteiger partial charge on any atom is 0.274 e. The Morgan fingerprint density at radius 3 is 2.44 bits per heavy atom. The Balaban J connectivity index is 2.07. The second-order valence-electron chi connectivity index (χ2n) is 3.98. The standard InChI is InChI=1S/C10H14N4O3S/c1-11-9-7-12-8(6-13-9)10(15)14-2-4-18(16,17)5-3-14/h6-7H,2-5H2,1H3,(H,11,13). The Bertz CT molecular complexity index is 527. The van der Waals surface area contributed by atoms with Gasteiger partial charge in [-0.25, -0.2) is 18.4 Å². The van der Waals surface area contributed by atoms with Gasteiger partial charge >= 0.3 is 0 Å². The lowest BCUT2D eigenvalue weighted by Gasteiger charge is -2.26. The van der Waals surface area contributed by atoms with Crippen molar-refractivity contribution >= 4 is 21.6 Å². The van der Waals surface area contributed by atoms with Crippen molar-refractivity contribution in [3.63, 3.8) is 0 Å². The van der Waals surface area contributed by atoms with Gasteiger partial charge in [0.2, 0.25) is 0 Å². The van der Waals surface area contributed by atoms with Crippen LogP contribution in [0.3, 0.4) is 0 Å².